The molecule has 38 heavy (non-hydrogen) atoms. The largest absolute Gasteiger partial charge is 0.484 e. The van der Waals surface area contributed by atoms with E-state index in [4.69, 9.17) is 13.9 Å². The van der Waals surface area contributed by atoms with Gasteiger partial charge in [0.1, 0.15) is 17.3 Å². The molecular formula is C30H37N3O5. The standard InChI is InChI=1S/C30H37N3O5/c1-25-13-14-28(38-25)22-33(21-26-9-4-2-5-10-26)29(34)23-32(16-8-15-31-17-19-36-20-18-31)30(35)24-37-27-11-6-3-7-12-27/h2-7,9-14H,8,15-24H2,1H3. The summed E-state index contributed by atoms with van der Waals surface area (Å²) in [6.45, 7) is 7.05. The molecule has 1 saturated heterocycles. The molecule has 2 heterocycles. The summed E-state index contributed by atoms with van der Waals surface area (Å²) in [5.74, 6) is 1.79. The molecule has 0 aliphatic carbocycles. The first kappa shape index (κ1) is 27.4. The van der Waals surface area contributed by atoms with Gasteiger partial charge in [-0.05, 0) is 43.2 Å². The van der Waals surface area contributed by atoms with Crippen molar-refractivity contribution in [3.8, 4) is 5.75 Å². The van der Waals surface area contributed by atoms with E-state index in [1.807, 2.05) is 79.7 Å². The van der Waals surface area contributed by atoms with E-state index in [1.165, 1.54) is 0 Å². The molecule has 1 aliphatic heterocycles. The highest BCUT2D eigenvalue weighted by molar-refractivity contribution is 5.85. The number of amides is 2. The Balaban J connectivity index is 1.43. The van der Waals surface area contributed by atoms with Gasteiger partial charge < -0.3 is 23.7 Å². The quantitative estimate of drug-likeness (QED) is 0.343. The van der Waals surface area contributed by atoms with Gasteiger partial charge in [0, 0.05) is 32.7 Å². The number of hydrogen-bond acceptors (Lipinski definition) is 6. The van der Waals surface area contributed by atoms with Gasteiger partial charge in [0.15, 0.2) is 6.61 Å². The normalized spacial score (nSPS) is 13.7. The average Bonchev–Trinajstić information content (AvgIpc) is 3.36. The lowest BCUT2D eigenvalue weighted by atomic mass is 10.2. The summed E-state index contributed by atoms with van der Waals surface area (Å²) in [5.41, 5.74) is 1.02. The van der Waals surface area contributed by atoms with Crippen LogP contribution in [0.4, 0.5) is 0 Å². The molecule has 8 nitrogen and oxygen atoms in total. The molecule has 2 aromatic carbocycles. The second kappa shape index (κ2) is 14.4. The summed E-state index contributed by atoms with van der Waals surface area (Å²) in [7, 11) is 0. The van der Waals surface area contributed by atoms with E-state index >= 15 is 0 Å². The van der Waals surface area contributed by atoms with Gasteiger partial charge in [-0.2, -0.15) is 0 Å². The molecular weight excluding hydrogens is 482 g/mol. The fraction of sp³-hybridized carbons (Fsp3) is 0.400. The minimum absolute atomic E-state index is 0.0212. The first-order valence-electron chi connectivity index (χ1n) is 13.2. The molecule has 0 radical (unpaired) electrons. The Labute approximate surface area is 224 Å². The second-order valence-electron chi connectivity index (χ2n) is 9.47. The SMILES string of the molecule is Cc1ccc(CN(Cc2ccccc2)C(=O)CN(CCCN2CCOCC2)C(=O)COc2ccccc2)o1. The minimum atomic E-state index is -0.210. The lowest BCUT2D eigenvalue weighted by Gasteiger charge is -2.29. The summed E-state index contributed by atoms with van der Waals surface area (Å²) in [5, 5.41) is 0. The van der Waals surface area contributed by atoms with Crippen molar-refractivity contribution < 1.29 is 23.5 Å². The third-order valence-electron chi connectivity index (χ3n) is 6.50. The molecule has 4 rings (SSSR count). The van der Waals surface area contributed by atoms with Crippen LogP contribution in [0.15, 0.2) is 77.2 Å². The van der Waals surface area contributed by atoms with Crippen molar-refractivity contribution in [3.05, 3.63) is 89.9 Å². The zero-order valence-electron chi connectivity index (χ0n) is 22.1. The van der Waals surface area contributed by atoms with Crippen LogP contribution in [0.2, 0.25) is 0 Å². The summed E-state index contributed by atoms with van der Waals surface area (Å²) in [6, 6.07) is 22.9. The first-order chi connectivity index (χ1) is 18.6. The van der Waals surface area contributed by atoms with E-state index in [0.29, 0.717) is 31.1 Å². The van der Waals surface area contributed by atoms with Crippen molar-refractivity contribution >= 4 is 11.8 Å². The molecule has 0 unspecified atom stereocenters. The van der Waals surface area contributed by atoms with Gasteiger partial charge >= 0.3 is 0 Å². The number of furan rings is 1. The molecule has 0 N–H and O–H groups in total. The molecule has 0 atom stereocenters. The average molecular weight is 520 g/mol. The predicted molar refractivity (Wildman–Crippen MR) is 145 cm³/mol. The number of carbonyl (C=O) groups is 2. The monoisotopic (exact) mass is 519 g/mol. The molecule has 8 heteroatoms. The second-order valence-corrected chi connectivity index (χ2v) is 9.47. The van der Waals surface area contributed by atoms with E-state index < -0.39 is 0 Å². The Hall–Kier alpha value is -3.62. The van der Waals surface area contributed by atoms with Gasteiger partial charge in [0.25, 0.3) is 5.91 Å². The summed E-state index contributed by atoms with van der Waals surface area (Å²) in [6.07, 6.45) is 0.764. The third-order valence-corrected chi connectivity index (χ3v) is 6.50. The molecule has 3 aromatic rings. The lowest BCUT2D eigenvalue weighted by molar-refractivity contribution is -0.142. The van der Waals surface area contributed by atoms with Crippen LogP contribution in [-0.4, -0.2) is 79.1 Å². The maximum atomic E-state index is 13.6. The zero-order chi connectivity index (χ0) is 26.6. The van der Waals surface area contributed by atoms with E-state index in [1.54, 1.807) is 9.80 Å². The smallest absolute Gasteiger partial charge is 0.260 e. The topological polar surface area (TPSA) is 75.5 Å². The van der Waals surface area contributed by atoms with Crippen LogP contribution in [0.1, 0.15) is 23.5 Å². The number of para-hydroxylation sites is 1. The number of ether oxygens (including phenoxy) is 2. The van der Waals surface area contributed by atoms with Crippen molar-refractivity contribution in [2.75, 3.05) is 52.5 Å². The van der Waals surface area contributed by atoms with Crippen LogP contribution in [0.25, 0.3) is 0 Å². The van der Waals surface area contributed by atoms with Crippen LogP contribution in [0.3, 0.4) is 0 Å². The molecule has 1 fully saturated rings. The Bertz CT molecular complexity index is 1130. The van der Waals surface area contributed by atoms with Crippen LogP contribution < -0.4 is 4.74 Å². The number of nitrogens with zero attached hydrogens (tertiary/aromatic N) is 3. The van der Waals surface area contributed by atoms with Gasteiger partial charge in [0.2, 0.25) is 5.91 Å². The lowest BCUT2D eigenvalue weighted by Crippen LogP contribution is -2.45. The molecule has 0 bridgehead atoms. The number of rotatable bonds is 13. The highest BCUT2D eigenvalue weighted by atomic mass is 16.5. The van der Waals surface area contributed by atoms with Crippen molar-refractivity contribution in [1.82, 2.24) is 14.7 Å². The number of aryl methyl sites for hydroxylation is 1. The van der Waals surface area contributed by atoms with Crippen LogP contribution >= 0.6 is 0 Å². The number of morpholine rings is 1. The van der Waals surface area contributed by atoms with Gasteiger partial charge in [-0.25, -0.2) is 0 Å². The Kier molecular flexibility index (Phi) is 10.4. The van der Waals surface area contributed by atoms with Crippen molar-refractivity contribution in [2.45, 2.75) is 26.4 Å². The number of hydrogen-bond donors (Lipinski definition) is 0. The van der Waals surface area contributed by atoms with Crippen molar-refractivity contribution in [2.24, 2.45) is 0 Å². The molecule has 2 amide bonds. The molecule has 0 spiro atoms. The number of carbonyl (C=O) groups excluding carboxylic acids is 2. The Morgan fingerprint density at radius 3 is 2.26 bits per heavy atom. The maximum Gasteiger partial charge on any atom is 0.260 e. The molecule has 0 saturated carbocycles. The van der Waals surface area contributed by atoms with Gasteiger partial charge in [0.05, 0.1) is 26.3 Å². The van der Waals surface area contributed by atoms with Crippen LogP contribution in [0.5, 0.6) is 5.75 Å². The van der Waals surface area contributed by atoms with Gasteiger partial charge in [-0.3, -0.25) is 14.5 Å². The van der Waals surface area contributed by atoms with Crippen LogP contribution in [0, 0.1) is 6.92 Å². The van der Waals surface area contributed by atoms with E-state index in [2.05, 4.69) is 4.90 Å². The van der Waals surface area contributed by atoms with Crippen LogP contribution in [-0.2, 0) is 27.4 Å². The van der Waals surface area contributed by atoms with Crippen molar-refractivity contribution in [3.63, 3.8) is 0 Å². The number of benzene rings is 2. The molecule has 1 aromatic heterocycles. The fourth-order valence-electron chi connectivity index (χ4n) is 4.41. The molecule has 1 aliphatic rings. The van der Waals surface area contributed by atoms with Gasteiger partial charge in [-0.15, -0.1) is 0 Å². The fourth-order valence-corrected chi connectivity index (χ4v) is 4.41. The minimum Gasteiger partial charge on any atom is -0.484 e. The third kappa shape index (κ3) is 8.75. The summed E-state index contributed by atoms with van der Waals surface area (Å²) in [4.78, 5) is 32.6. The maximum absolute atomic E-state index is 13.6. The Morgan fingerprint density at radius 2 is 1.58 bits per heavy atom. The van der Waals surface area contributed by atoms with E-state index in [9.17, 15) is 9.59 Å². The van der Waals surface area contributed by atoms with Gasteiger partial charge in [-0.1, -0.05) is 48.5 Å². The van der Waals surface area contributed by atoms with Crippen molar-refractivity contribution in [1.29, 1.82) is 0 Å². The predicted octanol–water partition coefficient (Wildman–Crippen LogP) is 3.75. The summed E-state index contributed by atoms with van der Waals surface area (Å²) >= 11 is 0. The van der Waals surface area contributed by atoms with E-state index in [-0.39, 0.29) is 25.0 Å². The summed E-state index contributed by atoms with van der Waals surface area (Å²) < 4.78 is 16.9. The zero-order valence-corrected chi connectivity index (χ0v) is 22.1. The highest BCUT2D eigenvalue weighted by Crippen LogP contribution is 2.14. The highest BCUT2D eigenvalue weighted by Gasteiger charge is 2.23. The van der Waals surface area contributed by atoms with E-state index in [0.717, 1.165) is 50.6 Å². The Morgan fingerprint density at radius 1 is 0.868 bits per heavy atom. The molecule has 202 valence electrons. The first-order valence-corrected chi connectivity index (χ1v) is 13.2.